The number of carbonyl (C=O) groups excluding carboxylic acids is 1. The summed E-state index contributed by atoms with van der Waals surface area (Å²) >= 11 is 0. The van der Waals surface area contributed by atoms with Gasteiger partial charge in [-0.15, -0.1) is 0 Å². The summed E-state index contributed by atoms with van der Waals surface area (Å²) in [6.07, 6.45) is 68.6. The van der Waals surface area contributed by atoms with E-state index in [4.69, 9.17) is 9.47 Å². The quantitative estimate of drug-likeness (QED) is 0.0261. The first kappa shape index (κ1) is 66.9. The molecule has 6 N–H and O–H groups in total. The summed E-state index contributed by atoms with van der Waals surface area (Å²) in [5, 5.41) is 54.5. The molecule has 1 rings (SSSR count). The molecule has 72 heavy (non-hydrogen) atoms. The fourth-order valence-corrected chi connectivity index (χ4v) is 8.49. The number of amides is 1. The van der Waals surface area contributed by atoms with Gasteiger partial charge >= 0.3 is 0 Å². The minimum atomic E-state index is -1.58. The normalized spacial score (nSPS) is 20.0. The van der Waals surface area contributed by atoms with Crippen LogP contribution in [0.1, 0.15) is 226 Å². The molecule has 1 heterocycles. The van der Waals surface area contributed by atoms with Gasteiger partial charge in [-0.3, -0.25) is 4.79 Å². The lowest BCUT2D eigenvalue weighted by Gasteiger charge is -2.40. The minimum absolute atomic E-state index is 0.203. The Hall–Kier alpha value is -3.15. The maximum Gasteiger partial charge on any atom is 0.220 e. The van der Waals surface area contributed by atoms with Crippen LogP contribution in [-0.4, -0.2) is 87.5 Å². The molecule has 1 saturated heterocycles. The second-order valence-corrected chi connectivity index (χ2v) is 19.7. The lowest BCUT2D eigenvalue weighted by atomic mass is 9.99. The molecule has 0 saturated carbocycles. The van der Waals surface area contributed by atoms with E-state index in [-0.39, 0.29) is 12.5 Å². The topological polar surface area (TPSA) is 149 Å². The first-order valence-electron chi connectivity index (χ1n) is 29.1. The number of hydrogen-bond acceptors (Lipinski definition) is 8. The fourth-order valence-electron chi connectivity index (χ4n) is 8.49. The molecule has 7 atom stereocenters. The minimum Gasteiger partial charge on any atom is -0.394 e. The van der Waals surface area contributed by atoms with Gasteiger partial charge in [-0.05, 0) is 96.3 Å². The Bertz CT molecular complexity index is 1490. The van der Waals surface area contributed by atoms with Crippen molar-refractivity contribution >= 4 is 5.91 Å². The molecule has 0 spiro atoms. The van der Waals surface area contributed by atoms with Gasteiger partial charge in [-0.25, -0.2) is 0 Å². The molecule has 0 aromatic heterocycles. The van der Waals surface area contributed by atoms with Crippen molar-refractivity contribution in [3.05, 3.63) is 109 Å². The van der Waals surface area contributed by atoms with Crippen LogP contribution in [0, 0.1) is 0 Å². The van der Waals surface area contributed by atoms with Gasteiger partial charge in [0.15, 0.2) is 6.29 Å². The first-order valence-corrected chi connectivity index (χ1v) is 29.1. The molecule has 0 aromatic rings. The summed E-state index contributed by atoms with van der Waals surface area (Å²) in [6, 6.07) is -0.841. The fraction of sp³-hybridized carbons (Fsp3) is 0.698. The van der Waals surface area contributed by atoms with Crippen LogP contribution in [-0.2, 0) is 14.3 Å². The third-order valence-corrected chi connectivity index (χ3v) is 13.1. The molecule has 0 aromatic carbocycles. The van der Waals surface area contributed by atoms with Gasteiger partial charge in [0.1, 0.15) is 24.4 Å². The maximum atomic E-state index is 13.1. The lowest BCUT2D eigenvalue weighted by molar-refractivity contribution is -0.302. The van der Waals surface area contributed by atoms with Gasteiger partial charge in [-0.1, -0.05) is 232 Å². The third kappa shape index (κ3) is 40.3. The van der Waals surface area contributed by atoms with E-state index in [1.165, 1.54) is 103 Å². The average Bonchev–Trinajstić information content (AvgIpc) is 3.38. The highest BCUT2D eigenvalue weighted by Gasteiger charge is 2.44. The summed E-state index contributed by atoms with van der Waals surface area (Å²) in [5.74, 6) is -0.203. The predicted molar refractivity (Wildman–Crippen MR) is 304 cm³/mol. The van der Waals surface area contributed by atoms with Crippen molar-refractivity contribution in [2.45, 2.75) is 269 Å². The number of aliphatic hydroxyl groups excluding tert-OH is 5. The number of unbranched alkanes of at least 4 members (excludes halogenated alkanes) is 22. The summed E-state index contributed by atoms with van der Waals surface area (Å²) in [7, 11) is 0. The second-order valence-electron chi connectivity index (χ2n) is 19.7. The molecule has 9 nitrogen and oxygen atoms in total. The van der Waals surface area contributed by atoms with E-state index in [0.717, 1.165) is 103 Å². The Morgan fingerprint density at radius 1 is 0.486 bits per heavy atom. The first-order chi connectivity index (χ1) is 35.3. The number of allylic oxidation sites excluding steroid dienone is 17. The highest BCUT2D eigenvalue weighted by molar-refractivity contribution is 5.76. The zero-order valence-electron chi connectivity index (χ0n) is 45.6. The van der Waals surface area contributed by atoms with Crippen molar-refractivity contribution in [3.8, 4) is 0 Å². The van der Waals surface area contributed by atoms with Crippen molar-refractivity contribution in [1.82, 2.24) is 5.32 Å². The zero-order chi connectivity index (χ0) is 52.2. The molecule has 7 unspecified atom stereocenters. The van der Waals surface area contributed by atoms with Crippen LogP contribution in [0.2, 0.25) is 0 Å². The van der Waals surface area contributed by atoms with Gasteiger partial charge in [0.2, 0.25) is 5.91 Å². The van der Waals surface area contributed by atoms with Gasteiger partial charge in [0.05, 0.1) is 25.4 Å². The molecule has 0 aliphatic carbocycles. The van der Waals surface area contributed by atoms with E-state index in [1.54, 1.807) is 6.08 Å². The summed E-state index contributed by atoms with van der Waals surface area (Å²) in [6.45, 7) is 3.64. The molecule has 1 aliphatic heterocycles. The molecule has 1 amide bonds. The van der Waals surface area contributed by atoms with Gasteiger partial charge < -0.3 is 40.3 Å². The highest BCUT2D eigenvalue weighted by Crippen LogP contribution is 2.23. The van der Waals surface area contributed by atoms with Crippen molar-refractivity contribution in [3.63, 3.8) is 0 Å². The van der Waals surface area contributed by atoms with Crippen LogP contribution in [0.15, 0.2) is 109 Å². The predicted octanol–water partition coefficient (Wildman–Crippen LogP) is 14.6. The molecule has 9 heteroatoms. The molecule has 0 bridgehead atoms. The lowest BCUT2D eigenvalue weighted by Crippen LogP contribution is -2.60. The van der Waals surface area contributed by atoms with Crippen molar-refractivity contribution < 1.29 is 39.8 Å². The number of rotatable bonds is 48. The molecule has 1 fully saturated rings. The number of nitrogens with one attached hydrogen (secondary N) is 1. The Kier molecular flexibility index (Phi) is 47.7. The van der Waals surface area contributed by atoms with E-state index in [9.17, 15) is 30.3 Å². The average molecular weight is 1010 g/mol. The molecular formula is C63H107NO8. The summed E-state index contributed by atoms with van der Waals surface area (Å²) in [5.41, 5.74) is 0. The molecule has 0 radical (unpaired) electrons. The van der Waals surface area contributed by atoms with E-state index in [0.29, 0.717) is 6.42 Å². The van der Waals surface area contributed by atoms with E-state index >= 15 is 0 Å². The number of ether oxygens (including phenoxy) is 2. The van der Waals surface area contributed by atoms with Gasteiger partial charge in [-0.2, -0.15) is 0 Å². The smallest absolute Gasteiger partial charge is 0.220 e. The van der Waals surface area contributed by atoms with Crippen LogP contribution >= 0.6 is 0 Å². The van der Waals surface area contributed by atoms with Gasteiger partial charge in [0.25, 0.3) is 0 Å². The Morgan fingerprint density at radius 2 is 0.875 bits per heavy atom. The zero-order valence-corrected chi connectivity index (χ0v) is 45.6. The number of aliphatic hydroxyl groups is 5. The van der Waals surface area contributed by atoms with Crippen LogP contribution in [0.5, 0.6) is 0 Å². The number of carbonyl (C=O) groups is 1. The summed E-state index contributed by atoms with van der Waals surface area (Å²) in [4.78, 5) is 13.1. The SMILES string of the molecule is CC/C=C\C/C=C\C/C=C\C/C=C\C/C=C\C/C=C\CCCCCCCCCCC(=O)NC(COC1OC(CO)C(O)C(O)C1O)C(O)/C=C/CC/C=C/CC/C=C/CCCCCCCCCCCCCC. The Labute approximate surface area is 440 Å². The van der Waals surface area contributed by atoms with Crippen LogP contribution in [0.3, 0.4) is 0 Å². The number of hydrogen-bond donors (Lipinski definition) is 6. The largest absolute Gasteiger partial charge is 0.394 e. The van der Waals surface area contributed by atoms with Crippen LogP contribution in [0.25, 0.3) is 0 Å². The van der Waals surface area contributed by atoms with E-state index in [1.807, 2.05) is 6.08 Å². The maximum absolute atomic E-state index is 13.1. The molecule has 412 valence electrons. The second kappa shape index (κ2) is 51.3. The van der Waals surface area contributed by atoms with Crippen molar-refractivity contribution in [2.24, 2.45) is 0 Å². The Morgan fingerprint density at radius 3 is 1.33 bits per heavy atom. The van der Waals surface area contributed by atoms with Gasteiger partial charge in [0, 0.05) is 6.42 Å². The standard InChI is InChI=1S/C63H107NO8/c1-3-5-7-9-11-13-15-17-19-21-23-25-27-28-29-30-31-33-35-37-39-41-43-45-47-49-51-53-59(67)64-56(55-71-63-62(70)61(69)60(68)58(54-65)72-63)57(66)52-50-48-46-44-42-40-38-36-34-32-26-24-22-20-18-16-14-12-10-8-6-4-2/h5,7,11,13,17,19,23,25,28-29,31,33-34,36,42,44,50,52,56-58,60-63,65-66,68-70H,3-4,6,8-10,12,14-16,18,20-22,24,26-27,30,32,35,37-41,43,45-49,51,53-55H2,1-2H3,(H,64,67)/b7-5-,13-11-,19-17-,25-23-,29-28-,33-31-,36-34+,44-42+,52-50+. The summed E-state index contributed by atoms with van der Waals surface area (Å²) < 4.78 is 11.3. The monoisotopic (exact) mass is 1010 g/mol. The van der Waals surface area contributed by atoms with Crippen LogP contribution in [0.4, 0.5) is 0 Å². The third-order valence-electron chi connectivity index (χ3n) is 13.1. The van der Waals surface area contributed by atoms with Crippen molar-refractivity contribution in [1.29, 1.82) is 0 Å². The van der Waals surface area contributed by atoms with E-state index < -0.39 is 49.5 Å². The van der Waals surface area contributed by atoms with Crippen molar-refractivity contribution in [2.75, 3.05) is 13.2 Å². The molecule has 1 aliphatic rings. The van der Waals surface area contributed by atoms with E-state index in [2.05, 4.69) is 116 Å². The Balaban J connectivity index is 2.29. The van der Waals surface area contributed by atoms with Crippen LogP contribution < -0.4 is 5.32 Å². The molecular weight excluding hydrogens is 899 g/mol. The highest BCUT2D eigenvalue weighted by atomic mass is 16.7.